The molecule has 0 aliphatic heterocycles. The molecule has 5 nitrogen and oxygen atoms in total. The third kappa shape index (κ3) is 3.55. The van der Waals surface area contributed by atoms with E-state index >= 15 is 0 Å². The molecule has 0 aliphatic rings. The molecule has 0 N–H and O–H groups in total. The summed E-state index contributed by atoms with van der Waals surface area (Å²) < 4.78 is 60.8. The Morgan fingerprint density at radius 2 is 2.04 bits per heavy atom. The van der Waals surface area contributed by atoms with Gasteiger partial charge in [-0.05, 0) is 18.6 Å². The summed E-state index contributed by atoms with van der Waals surface area (Å²) in [5, 5.41) is -0.0585. The van der Waals surface area contributed by atoms with Crippen molar-refractivity contribution in [3.05, 3.63) is 69.6 Å². The third-order valence-electron chi connectivity index (χ3n) is 3.57. The number of nitrogens with zero attached hydrogens (tertiary/aromatic N) is 3. The van der Waals surface area contributed by atoms with E-state index in [1.54, 1.807) is 6.92 Å². The minimum atomic E-state index is -4.79. The number of rotatable bonds is 4. The van der Waals surface area contributed by atoms with Gasteiger partial charge >= 0.3 is 6.18 Å². The van der Waals surface area contributed by atoms with E-state index in [0.717, 1.165) is 24.5 Å². The molecule has 0 spiro atoms. The summed E-state index contributed by atoms with van der Waals surface area (Å²) in [4.78, 5) is 16.1. The lowest BCUT2D eigenvalue weighted by Gasteiger charge is -2.15. The van der Waals surface area contributed by atoms with Gasteiger partial charge in [0.2, 0.25) is 5.78 Å². The van der Waals surface area contributed by atoms with Gasteiger partial charge < -0.3 is 4.74 Å². The van der Waals surface area contributed by atoms with Crippen molar-refractivity contribution in [2.45, 2.75) is 13.1 Å². The summed E-state index contributed by atoms with van der Waals surface area (Å²) in [6.45, 7) is 5.45. The maximum atomic E-state index is 14.5. The molecule has 27 heavy (non-hydrogen) atoms. The van der Waals surface area contributed by atoms with Gasteiger partial charge in [0.15, 0.2) is 0 Å². The molecule has 2 heterocycles. The van der Waals surface area contributed by atoms with Crippen molar-refractivity contribution in [3.63, 3.8) is 0 Å². The van der Waals surface area contributed by atoms with Crippen LogP contribution in [0.5, 0.6) is 5.75 Å². The minimum Gasteiger partial charge on any atom is -0.488 e. The first-order chi connectivity index (χ1) is 12.6. The third-order valence-corrected chi connectivity index (χ3v) is 3.86. The van der Waals surface area contributed by atoms with Crippen molar-refractivity contribution < 1.29 is 22.3 Å². The van der Waals surface area contributed by atoms with Crippen molar-refractivity contribution in [1.29, 1.82) is 0 Å². The van der Waals surface area contributed by atoms with Crippen LogP contribution in [-0.2, 0) is 6.18 Å². The molecular weight excluding hydrogens is 390 g/mol. The summed E-state index contributed by atoms with van der Waals surface area (Å²) >= 11 is 5.94. The quantitative estimate of drug-likeness (QED) is 0.485. The average molecular weight is 402 g/mol. The van der Waals surface area contributed by atoms with Crippen LogP contribution in [0.25, 0.3) is 11.5 Å². The van der Waals surface area contributed by atoms with Gasteiger partial charge in [0.25, 0.3) is 5.56 Å². The van der Waals surface area contributed by atoms with Crippen LogP contribution >= 0.6 is 11.6 Å². The average Bonchev–Trinajstić information content (AvgIpc) is 3.02. The predicted octanol–water partition coefficient (Wildman–Crippen LogP) is 4.25. The minimum absolute atomic E-state index is 0.0487. The fourth-order valence-electron chi connectivity index (χ4n) is 2.44. The Labute approximate surface area is 155 Å². The molecule has 0 fully saturated rings. The van der Waals surface area contributed by atoms with Crippen molar-refractivity contribution >= 4 is 17.4 Å². The largest absolute Gasteiger partial charge is 0.488 e. The topological polar surface area (TPSA) is 48.5 Å². The van der Waals surface area contributed by atoms with Crippen LogP contribution in [-0.4, -0.2) is 20.6 Å². The second-order valence-electron chi connectivity index (χ2n) is 5.78. The Morgan fingerprint density at radius 3 is 2.67 bits per heavy atom. The molecule has 0 aliphatic carbocycles. The molecule has 3 rings (SSSR count). The number of ether oxygens (including phenoxy) is 1. The Hall–Kier alpha value is -2.81. The van der Waals surface area contributed by atoms with Crippen LogP contribution in [0.15, 0.2) is 47.5 Å². The number of hydrogen-bond acceptors (Lipinski definition) is 3. The number of halogens is 5. The zero-order valence-electron chi connectivity index (χ0n) is 13.8. The first-order valence-electron chi connectivity index (χ1n) is 7.52. The normalized spacial score (nSPS) is 11.8. The Kier molecular flexibility index (Phi) is 4.73. The lowest BCUT2D eigenvalue weighted by Crippen LogP contribution is -2.26. The zero-order valence-corrected chi connectivity index (χ0v) is 14.6. The number of benzene rings is 1. The number of fused-ring (bicyclic) bond motifs is 1. The fourth-order valence-corrected chi connectivity index (χ4v) is 2.65. The Morgan fingerprint density at radius 1 is 1.33 bits per heavy atom. The van der Waals surface area contributed by atoms with Crippen LogP contribution in [0, 0.1) is 5.82 Å². The van der Waals surface area contributed by atoms with Gasteiger partial charge in [0.05, 0.1) is 10.7 Å². The predicted molar refractivity (Wildman–Crippen MR) is 91.1 cm³/mol. The zero-order chi connectivity index (χ0) is 19.9. The van der Waals surface area contributed by atoms with E-state index in [0.29, 0.717) is 20.6 Å². The van der Waals surface area contributed by atoms with Crippen LogP contribution in [0.2, 0.25) is 5.02 Å². The molecule has 0 amide bonds. The van der Waals surface area contributed by atoms with Gasteiger partial charge in [-0.2, -0.15) is 13.2 Å². The Bertz CT molecular complexity index is 1100. The first kappa shape index (κ1) is 19.0. The molecule has 1 aromatic carbocycles. The summed E-state index contributed by atoms with van der Waals surface area (Å²) in [5.41, 5.74) is -2.00. The van der Waals surface area contributed by atoms with Gasteiger partial charge in [-0.3, -0.25) is 9.20 Å². The Balaban J connectivity index is 2.26. The molecule has 10 heteroatoms. The van der Waals surface area contributed by atoms with Crippen LogP contribution in [0.3, 0.4) is 0 Å². The van der Waals surface area contributed by atoms with Crippen molar-refractivity contribution in [2.75, 3.05) is 6.61 Å². The van der Waals surface area contributed by atoms with E-state index in [1.165, 1.54) is 0 Å². The number of alkyl halides is 3. The highest BCUT2D eigenvalue weighted by molar-refractivity contribution is 6.32. The standard InChI is InChI=1S/C17H12ClF4N3O2/c1-9(2)8-27-13-6-12(11(19)5-10(13)18)25-15(26)7-14(17(20,21)22)24-4-3-23-16(24)25/h3-7H,1,8H2,2H3. The van der Waals surface area contributed by atoms with Gasteiger partial charge in [0.1, 0.15) is 23.9 Å². The SMILES string of the molecule is C=C(C)COc1cc(-n2c(=O)cc(C(F)(F)F)n3ccnc23)c(F)cc1Cl. The number of imidazole rings is 1. The number of aromatic nitrogens is 3. The highest BCUT2D eigenvalue weighted by Gasteiger charge is 2.35. The van der Waals surface area contributed by atoms with Crippen molar-refractivity contribution in [3.8, 4) is 11.4 Å². The maximum absolute atomic E-state index is 14.5. The van der Waals surface area contributed by atoms with Crippen LogP contribution < -0.4 is 10.3 Å². The molecule has 0 bridgehead atoms. The van der Waals surface area contributed by atoms with E-state index in [9.17, 15) is 22.4 Å². The smallest absolute Gasteiger partial charge is 0.432 e. The maximum Gasteiger partial charge on any atom is 0.432 e. The first-order valence-corrected chi connectivity index (χ1v) is 7.90. The van der Waals surface area contributed by atoms with E-state index in [2.05, 4.69) is 11.6 Å². The highest BCUT2D eigenvalue weighted by Crippen LogP contribution is 2.32. The molecule has 0 saturated carbocycles. The van der Waals surface area contributed by atoms with Crippen molar-refractivity contribution in [1.82, 2.24) is 14.0 Å². The summed E-state index contributed by atoms with van der Waals surface area (Å²) in [7, 11) is 0. The molecule has 3 aromatic rings. The van der Waals surface area contributed by atoms with Gasteiger partial charge in [0, 0.05) is 24.5 Å². The van der Waals surface area contributed by atoms with E-state index in [4.69, 9.17) is 16.3 Å². The molecule has 142 valence electrons. The lowest BCUT2D eigenvalue weighted by atomic mass is 10.2. The summed E-state index contributed by atoms with van der Waals surface area (Å²) in [6.07, 6.45) is -2.68. The van der Waals surface area contributed by atoms with Crippen LogP contribution in [0.4, 0.5) is 17.6 Å². The van der Waals surface area contributed by atoms with E-state index < -0.39 is 29.0 Å². The van der Waals surface area contributed by atoms with Gasteiger partial charge in [-0.25, -0.2) is 13.9 Å². The molecule has 0 saturated heterocycles. The molecule has 0 unspecified atom stereocenters. The van der Waals surface area contributed by atoms with Crippen molar-refractivity contribution in [2.24, 2.45) is 0 Å². The second-order valence-corrected chi connectivity index (χ2v) is 6.19. The molecule has 2 aromatic heterocycles. The molecule has 0 radical (unpaired) electrons. The van der Waals surface area contributed by atoms with Crippen LogP contribution in [0.1, 0.15) is 12.6 Å². The van der Waals surface area contributed by atoms with Gasteiger partial charge in [-0.1, -0.05) is 18.2 Å². The van der Waals surface area contributed by atoms with E-state index in [1.807, 2.05) is 0 Å². The van der Waals surface area contributed by atoms with Gasteiger partial charge in [-0.15, -0.1) is 0 Å². The van der Waals surface area contributed by atoms with E-state index in [-0.39, 0.29) is 23.1 Å². The summed E-state index contributed by atoms with van der Waals surface area (Å²) in [5.74, 6) is -1.27. The fraction of sp³-hybridized carbons (Fsp3) is 0.176. The summed E-state index contributed by atoms with van der Waals surface area (Å²) in [6, 6.07) is 2.41. The molecule has 0 atom stereocenters. The highest BCUT2D eigenvalue weighted by atomic mass is 35.5. The lowest BCUT2D eigenvalue weighted by molar-refractivity contribution is -0.142. The second kappa shape index (κ2) is 6.73. The monoisotopic (exact) mass is 401 g/mol. The molecular formula is C17H12ClF4N3O2. The number of hydrogen-bond donors (Lipinski definition) is 0.